The van der Waals surface area contributed by atoms with Crippen LogP contribution in [0.4, 0.5) is 0 Å². The number of carbonyl (C=O) groups excluding carboxylic acids is 1. The highest BCUT2D eigenvalue weighted by molar-refractivity contribution is 5.94. The Morgan fingerprint density at radius 3 is 2.37 bits per heavy atom. The van der Waals surface area contributed by atoms with E-state index in [1.54, 1.807) is 0 Å². The van der Waals surface area contributed by atoms with Gasteiger partial charge < -0.3 is 4.90 Å². The standard InChI is InChI=1S/C25H29NO/c1-2-19-8-11-22(12-9-19)25(27)26(15-14-20-6-4-3-5-7-20)18-24-17-21-10-13-23(24)16-21/h3-13,21,23-24H,2,14-18H2,1H3. The number of rotatable bonds is 7. The van der Waals surface area contributed by atoms with Gasteiger partial charge in [-0.05, 0) is 66.7 Å². The predicted molar refractivity (Wildman–Crippen MR) is 111 cm³/mol. The molecule has 0 spiro atoms. The molecule has 2 heteroatoms. The van der Waals surface area contributed by atoms with Gasteiger partial charge in [-0.15, -0.1) is 0 Å². The molecule has 0 radical (unpaired) electrons. The van der Waals surface area contributed by atoms with Crippen molar-refractivity contribution in [3.05, 3.63) is 83.4 Å². The molecule has 2 nitrogen and oxygen atoms in total. The topological polar surface area (TPSA) is 20.3 Å². The van der Waals surface area contributed by atoms with Crippen LogP contribution in [-0.4, -0.2) is 23.9 Å². The van der Waals surface area contributed by atoms with Crippen LogP contribution in [0.15, 0.2) is 66.7 Å². The van der Waals surface area contributed by atoms with Crippen molar-refractivity contribution in [3.8, 4) is 0 Å². The van der Waals surface area contributed by atoms with Gasteiger partial charge in [-0.25, -0.2) is 0 Å². The van der Waals surface area contributed by atoms with Crippen molar-refractivity contribution in [1.29, 1.82) is 0 Å². The molecule has 2 aliphatic rings. The number of aryl methyl sites for hydroxylation is 1. The quantitative estimate of drug-likeness (QED) is 0.626. The van der Waals surface area contributed by atoms with Gasteiger partial charge in [-0.3, -0.25) is 4.79 Å². The van der Waals surface area contributed by atoms with Crippen LogP contribution in [0.5, 0.6) is 0 Å². The highest BCUT2D eigenvalue weighted by Crippen LogP contribution is 2.43. The lowest BCUT2D eigenvalue weighted by Crippen LogP contribution is -2.38. The number of fused-ring (bicyclic) bond motifs is 2. The first kappa shape index (κ1) is 18.0. The van der Waals surface area contributed by atoms with Crippen LogP contribution in [0, 0.1) is 17.8 Å². The van der Waals surface area contributed by atoms with Crippen LogP contribution >= 0.6 is 0 Å². The summed E-state index contributed by atoms with van der Waals surface area (Å²) < 4.78 is 0. The zero-order valence-electron chi connectivity index (χ0n) is 16.2. The van der Waals surface area contributed by atoms with Gasteiger partial charge in [-0.1, -0.05) is 61.5 Å². The lowest BCUT2D eigenvalue weighted by molar-refractivity contribution is 0.0721. The molecule has 0 saturated heterocycles. The number of carbonyl (C=O) groups is 1. The summed E-state index contributed by atoms with van der Waals surface area (Å²) in [7, 11) is 0. The second-order valence-electron chi connectivity index (χ2n) is 8.08. The van der Waals surface area contributed by atoms with Gasteiger partial charge in [0.15, 0.2) is 0 Å². The van der Waals surface area contributed by atoms with Crippen molar-refractivity contribution in [2.24, 2.45) is 17.8 Å². The molecule has 27 heavy (non-hydrogen) atoms. The van der Waals surface area contributed by atoms with Crippen molar-refractivity contribution in [2.75, 3.05) is 13.1 Å². The van der Waals surface area contributed by atoms with E-state index in [2.05, 4.69) is 60.4 Å². The molecule has 3 unspecified atom stereocenters. The van der Waals surface area contributed by atoms with E-state index in [0.717, 1.165) is 37.4 Å². The number of allylic oxidation sites excluding steroid dienone is 2. The Kier molecular flexibility index (Phi) is 5.42. The fraction of sp³-hybridized carbons (Fsp3) is 0.400. The van der Waals surface area contributed by atoms with Crippen LogP contribution in [0.2, 0.25) is 0 Å². The van der Waals surface area contributed by atoms with Gasteiger partial charge in [0.25, 0.3) is 5.91 Å². The Bertz CT molecular complexity index is 793. The van der Waals surface area contributed by atoms with Crippen LogP contribution in [0.25, 0.3) is 0 Å². The number of hydrogen-bond acceptors (Lipinski definition) is 1. The third-order valence-corrected chi connectivity index (χ3v) is 6.28. The maximum Gasteiger partial charge on any atom is 0.253 e. The molecule has 2 aliphatic carbocycles. The summed E-state index contributed by atoms with van der Waals surface area (Å²) in [6, 6.07) is 18.7. The van der Waals surface area contributed by atoms with Gasteiger partial charge in [0.05, 0.1) is 0 Å². The van der Waals surface area contributed by atoms with E-state index in [0.29, 0.717) is 11.8 Å². The van der Waals surface area contributed by atoms with Gasteiger partial charge in [0.2, 0.25) is 0 Å². The molecule has 2 aromatic carbocycles. The van der Waals surface area contributed by atoms with E-state index in [4.69, 9.17) is 0 Å². The number of hydrogen-bond donors (Lipinski definition) is 0. The van der Waals surface area contributed by atoms with Crippen molar-refractivity contribution in [2.45, 2.75) is 32.6 Å². The number of amides is 1. The Morgan fingerprint density at radius 1 is 0.963 bits per heavy atom. The molecule has 4 rings (SSSR count). The van der Waals surface area contributed by atoms with Crippen molar-refractivity contribution >= 4 is 5.91 Å². The number of nitrogens with zero attached hydrogens (tertiary/aromatic N) is 1. The van der Waals surface area contributed by atoms with Crippen LogP contribution < -0.4 is 0 Å². The molecule has 140 valence electrons. The molecule has 0 aliphatic heterocycles. The Hall–Kier alpha value is -2.35. The van der Waals surface area contributed by atoms with E-state index in [9.17, 15) is 4.79 Å². The average Bonchev–Trinajstić information content (AvgIpc) is 3.34. The highest BCUT2D eigenvalue weighted by Gasteiger charge is 2.37. The molecule has 1 amide bonds. The Morgan fingerprint density at radius 2 is 1.74 bits per heavy atom. The van der Waals surface area contributed by atoms with E-state index in [-0.39, 0.29) is 5.91 Å². The third-order valence-electron chi connectivity index (χ3n) is 6.28. The molecule has 0 N–H and O–H groups in total. The lowest BCUT2D eigenvalue weighted by atomic mass is 9.92. The second-order valence-corrected chi connectivity index (χ2v) is 8.08. The van der Waals surface area contributed by atoms with E-state index in [1.807, 2.05) is 18.2 Å². The van der Waals surface area contributed by atoms with Gasteiger partial charge in [-0.2, -0.15) is 0 Å². The number of benzene rings is 2. The molecular weight excluding hydrogens is 330 g/mol. The van der Waals surface area contributed by atoms with E-state index < -0.39 is 0 Å². The molecule has 1 fully saturated rings. The summed E-state index contributed by atoms with van der Waals surface area (Å²) in [4.78, 5) is 15.4. The summed E-state index contributed by atoms with van der Waals surface area (Å²) in [6.45, 7) is 3.81. The normalized spacial score (nSPS) is 22.9. The van der Waals surface area contributed by atoms with Gasteiger partial charge >= 0.3 is 0 Å². The molecule has 1 saturated carbocycles. The van der Waals surface area contributed by atoms with E-state index >= 15 is 0 Å². The zero-order valence-corrected chi connectivity index (χ0v) is 16.2. The first-order valence-corrected chi connectivity index (χ1v) is 10.3. The molecule has 3 atom stereocenters. The highest BCUT2D eigenvalue weighted by atomic mass is 16.2. The van der Waals surface area contributed by atoms with Crippen molar-refractivity contribution in [1.82, 2.24) is 4.90 Å². The summed E-state index contributed by atoms with van der Waals surface area (Å²) in [5, 5.41) is 0. The average molecular weight is 360 g/mol. The zero-order chi connectivity index (χ0) is 18.6. The summed E-state index contributed by atoms with van der Waals surface area (Å²) >= 11 is 0. The van der Waals surface area contributed by atoms with Crippen LogP contribution in [0.1, 0.15) is 41.3 Å². The monoisotopic (exact) mass is 359 g/mol. The fourth-order valence-corrected chi connectivity index (χ4v) is 4.64. The SMILES string of the molecule is CCc1ccc(C(=O)N(CCc2ccccc2)CC2CC3C=CC2C3)cc1. The fourth-order valence-electron chi connectivity index (χ4n) is 4.64. The van der Waals surface area contributed by atoms with Crippen molar-refractivity contribution in [3.63, 3.8) is 0 Å². The summed E-state index contributed by atoms with van der Waals surface area (Å²) in [5.74, 6) is 2.22. The molecule has 2 aromatic rings. The van der Waals surface area contributed by atoms with E-state index in [1.165, 1.54) is 24.0 Å². The van der Waals surface area contributed by atoms with Gasteiger partial charge in [0, 0.05) is 18.7 Å². The first-order chi connectivity index (χ1) is 13.2. The minimum atomic E-state index is 0.181. The molecule has 0 aromatic heterocycles. The lowest BCUT2D eigenvalue weighted by Gasteiger charge is -2.29. The van der Waals surface area contributed by atoms with Crippen LogP contribution in [-0.2, 0) is 12.8 Å². The van der Waals surface area contributed by atoms with Crippen LogP contribution in [0.3, 0.4) is 0 Å². The van der Waals surface area contributed by atoms with Gasteiger partial charge in [0.1, 0.15) is 0 Å². The summed E-state index contributed by atoms with van der Waals surface area (Å²) in [5.41, 5.74) is 3.39. The minimum Gasteiger partial charge on any atom is -0.338 e. The predicted octanol–water partition coefficient (Wildman–Crippen LogP) is 5.15. The second kappa shape index (κ2) is 8.12. The first-order valence-electron chi connectivity index (χ1n) is 10.3. The Balaban J connectivity index is 1.48. The minimum absolute atomic E-state index is 0.181. The Labute approximate surface area is 162 Å². The molecule has 0 heterocycles. The maximum atomic E-state index is 13.3. The smallest absolute Gasteiger partial charge is 0.253 e. The largest absolute Gasteiger partial charge is 0.338 e. The molecule has 2 bridgehead atoms. The third kappa shape index (κ3) is 4.16. The summed E-state index contributed by atoms with van der Waals surface area (Å²) in [6.07, 6.45) is 9.21. The molecular formula is C25H29NO. The van der Waals surface area contributed by atoms with Crippen molar-refractivity contribution < 1.29 is 4.79 Å². The maximum absolute atomic E-state index is 13.3.